The molecule has 1 aliphatic rings. The summed E-state index contributed by atoms with van der Waals surface area (Å²) in [6.45, 7) is 11.5. The Labute approximate surface area is 198 Å². The number of aliphatic hydroxyl groups is 1. The van der Waals surface area contributed by atoms with Gasteiger partial charge in [0.05, 0.1) is 30.1 Å². The molecule has 0 heterocycles. The van der Waals surface area contributed by atoms with Crippen molar-refractivity contribution in [2.24, 2.45) is 0 Å². The van der Waals surface area contributed by atoms with Crippen LogP contribution < -0.4 is 0 Å². The predicted octanol–water partition coefficient (Wildman–Crippen LogP) is 7.09. The molecule has 0 fully saturated rings. The Morgan fingerprint density at radius 1 is 0.727 bits per heavy atom. The SMILES string of the molecule is CCCO/C(C)=C/C=C(\C)C1(/C(C)=C/C=C(\C)OCCO)c2ccccc2-c2ccccc21. The Morgan fingerprint density at radius 3 is 1.64 bits per heavy atom. The van der Waals surface area contributed by atoms with Crippen molar-refractivity contribution in [2.75, 3.05) is 19.8 Å². The maximum Gasteiger partial charge on any atom is 0.111 e. The molecule has 3 rings (SSSR count). The molecule has 2 aromatic rings. The van der Waals surface area contributed by atoms with E-state index in [1.807, 2.05) is 19.9 Å². The van der Waals surface area contributed by atoms with Gasteiger partial charge in [-0.2, -0.15) is 0 Å². The molecule has 0 saturated heterocycles. The van der Waals surface area contributed by atoms with E-state index in [4.69, 9.17) is 14.6 Å². The van der Waals surface area contributed by atoms with Crippen molar-refractivity contribution < 1.29 is 14.6 Å². The second-order valence-electron chi connectivity index (χ2n) is 8.52. The van der Waals surface area contributed by atoms with Crippen molar-refractivity contribution in [3.05, 3.63) is 107 Å². The zero-order chi connectivity index (χ0) is 23.8. The molecule has 0 unspecified atom stereocenters. The van der Waals surface area contributed by atoms with Crippen molar-refractivity contribution in [2.45, 2.75) is 46.5 Å². The summed E-state index contributed by atoms with van der Waals surface area (Å²) in [6.07, 6.45) is 9.40. The van der Waals surface area contributed by atoms with Gasteiger partial charge in [-0.3, -0.25) is 0 Å². The highest BCUT2D eigenvalue weighted by atomic mass is 16.5. The topological polar surface area (TPSA) is 38.7 Å². The van der Waals surface area contributed by atoms with Crippen LogP contribution in [0.5, 0.6) is 0 Å². The van der Waals surface area contributed by atoms with Gasteiger partial charge in [-0.05, 0) is 68.5 Å². The smallest absolute Gasteiger partial charge is 0.111 e. The molecule has 0 atom stereocenters. The molecular formula is C30H36O3. The van der Waals surface area contributed by atoms with Gasteiger partial charge in [-0.1, -0.05) is 78.8 Å². The second kappa shape index (κ2) is 11.2. The van der Waals surface area contributed by atoms with Gasteiger partial charge in [0.25, 0.3) is 0 Å². The maximum absolute atomic E-state index is 9.06. The summed E-state index contributed by atoms with van der Waals surface area (Å²) in [5.74, 6) is 1.70. The zero-order valence-electron chi connectivity index (χ0n) is 20.5. The first-order valence-electron chi connectivity index (χ1n) is 11.7. The van der Waals surface area contributed by atoms with E-state index < -0.39 is 0 Å². The van der Waals surface area contributed by atoms with E-state index in [0.29, 0.717) is 6.61 Å². The highest BCUT2D eigenvalue weighted by molar-refractivity contribution is 5.85. The molecule has 33 heavy (non-hydrogen) atoms. The number of hydrogen-bond acceptors (Lipinski definition) is 3. The zero-order valence-corrected chi connectivity index (χ0v) is 20.5. The van der Waals surface area contributed by atoms with Gasteiger partial charge in [-0.15, -0.1) is 0 Å². The largest absolute Gasteiger partial charge is 0.498 e. The summed E-state index contributed by atoms with van der Waals surface area (Å²) >= 11 is 0. The number of ether oxygens (including phenoxy) is 2. The predicted molar refractivity (Wildman–Crippen MR) is 137 cm³/mol. The Hall–Kier alpha value is -3.04. The van der Waals surface area contributed by atoms with Gasteiger partial charge < -0.3 is 14.6 Å². The average molecular weight is 445 g/mol. The minimum absolute atomic E-state index is 0.00615. The monoisotopic (exact) mass is 444 g/mol. The molecule has 1 N–H and O–H groups in total. The lowest BCUT2D eigenvalue weighted by Crippen LogP contribution is -2.28. The molecular weight excluding hydrogens is 408 g/mol. The van der Waals surface area contributed by atoms with Crippen molar-refractivity contribution >= 4 is 0 Å². The number of allylic oxidation sites excluding steroid dienone is 8. The fourth-order valence-corrected chi connectivity index (χ4v) is 4.70. The summed E-state index contributed by atoms with van der Waals surface area (Å²) in [5, 5.41) is 9.06. The highest BCUT2D eigenvalue weighted by Gasteiger charge is 2.45. The molecule has 0 spiro atoms. The lowest BCUT2D eigenvalue weighted by atomic mass is 9.67. The molecule has 0 bridgehead atoms. The van der Waals surface area contributed by atoms with Crippen LogP contribution in [-0.4, -0.2) is 24.9 Å². The molecule has 2 aromatic carbocycles. The Morgan fingerprint density at radius 2 is 1.18 bits per heavy atom. The summed E-state index contributed by atoms with van der Waals surface area (Å²) < 4.78 is 11.4. The van der Waals surface area contributed by atoms with E-state index >= 15 is 0 Å². The lowest BCUT2D eigenvalue weighted by molar-refractivity contribution is 0.146. The molecule has 0 radical (unpaired) electrons. The quantitative estimate of drug-likeness (QED) is 0.314. The van der Waals surface area contributed by atoms with E-state index in [1.165, 1.54) is 33.4 Å². The third kappa shape index (κ3) is 4.99. The Balaban J connectivity index is 2.21. The van der Waals surface area contributed by atoms with Crippen molar-refractivity contribution in [1.29, 1.82) is 0 Å². The van der Waals surface area contributed by atoms with Crippen molar-refractivity contribution in [1.82, 2.24) is 0 Å². The minimum atomic E-state index is -0.386. The van der Waals surface area contributed by atoms with E-state index in [1.54, 1.807) is 0 Å². The summed E-state index contributed by atoms with van der Waals surface area (Å²) in [7, 11) is 0. The normalized spacial score (nSPS) is 15.8. The maximum atomic E-state index is 9.06. The highest BCUT2D eigenvalue weighted by Crippen LogP contribution is 2.56. The number of rotatable bonds is 10. The molecule has 174 valence electrons. The van der Waals surface area contributed by atoms with Crippen LogP contribution >= 0.6 is 0 Å². The Kier molecular flexibility index (Phi) is 8.35. The second-order valence-corrected chi connectivity index (χ2v) is 8.52. The molecule has 0 aromatic heterocycles. The van der Waals surface area contributed by atoms with Crippen LogP contribution in [0.15, 0.2) is 95.5 Å². The first-order chi connectivity index (χ1) is 16.0. The van der Waals surface area contributed by atoms with Crippen molar-refractivity contribution in [3.63, 3.8) is 0 Å². The van der Waals surface area contributed by atoms with Gasteiger partial charge in [0.15, 0.2) is 0 Å². The van der Waals surface area contributed by atoms with Gasteiger partial charge in [0.2, 0.25) is 0 Å². The van der Waals surface area contributed by atoms with Crippen LogP contribution in [0.2, 0.25) is 0 Å². The van der Waals surface area contributed by atoms with Crippen molar-refractivity contribution in [3.8, 4) is 11.1 Å². The van der Waals surface area contributed by atoms with Gasteiger partial charge in [0, 0.05) is 0 Å². The third-order valence-corrected chi connectivity index (χ3v) is 6.23. The van der Waals surface area contributed by atoms with Crippen LogP contribution in [0.3, 0.4) is 0 Å². The van der Waals surface area contributed by atoms with Gasteiger partial charge >= 0.3 is 0 Å². The first-order valence-corrected chi connectivity index (χ1v) is 11.7. The molecule has 0 amide bonds. The van der Waals surface area contributed by atoms with Crippen LogP contribution in [0.25, 0.3) is 11.1 Å². The molecule has 3 heteroatoms. The van der Waals surface area contributed by atoms with E-state index in [2.05, 4.69) is 87.5 Å². The fraction of sp³-hybridized carbons (Fsp3) is 0.333. The third-order valence-electron chi connectivity index (χ3n) is 6.23. The molecule has 0 saturated carbocycles. The lowest BCUT2D eigenvalue weighted by Gasteiger charge is -2.35. The minimum Gasteiger partial charge on any atom is -0.498 e. The van der Waals surface area contributed by atoms with E-state index in [9.17, 15) is 0 Å². The van der Waals surface area contributed by atoms with E-state index in [0.717, 1.165) is 24.5 Å². The van der Waals surface area contributed by atoms with Crippen LogP contribution in [0.1, 0.15) is 52.2 Å². The molecule has 1 aliphatic carbocycles. The number of aliphatic hydroxyl groups excluding tert-OH is 1. The van der Waals surface area contributed by atoms with Gasteiger partial charge in [0.1, 0.15) is 6.61 Å². The standard InChI is InChI=1S/C30H36O3/c1-6-20-32-24(4)17-15-22(2)30(23(3)16-18-25(5)33-21-19-31)28-13-9-7-11-26(28)27-12-8-10-14-29(27)30/h7-18,31H,6,19-21H2,1-5H3/b22-15+,23-16+,24-17+,25-18+. The van der Waals surface area contributed by atoms with Crippen LogP contribution in [0.4, 0.5) is 0 Å². The fourth-order valence-electron chi connectivity index (χ4n) is 4.70. The summed E-state index contributed by atoms with van der Waals surface area (Å²) in [4.78, 5) is 0. The Bertz CT molecular complexity index is 998. The first kappa shape index (κ1) is 24.6. The van der Waals surface area contributed by atoms with Crippen LogP contribution in [-0.2, 0) is 14.9 Å². The van der Waals surface area contributed by atoms with Crippen LogP contribution in [0, 0.1) is 0 Å². The number of benzene rings is 2. The number of hydrogen-bond donors (Lipinski definition) is 1. The molecule has 3 nitrogen and oxygen atoms in total. The number of fused-ring (bicyclic) bond motifs is 3. The average Bonchev–Trinajstić information content (AvgIpc) is 3.14. The van der Waals surface area contributed by atoms with Gasteiger partial charge in [-0.25, -0.2) is 0 Å². The molecule has 0 aliphatic heterocycles. The van der Waals surface area contributed by atoms with E-state index in [-0.39, 0.29) is 12.0 Å². The summed E-state index contributed by atoms with van der Waals surface area (Å²) in [6, 6.07) is 17.4. The summed E-state index contributed by atoms with van der Waals surface area (Å²) in [5.41, 5.74) is 7.18.